The molecule has 2 aliphatic rings. The van der Waals surface area contributed by atoms with Crippen molar-refractivity contribution < 1.29 is 9.59 Å². The molecule has 0 radical (unpaired) electrons. The fourth-order valence-corrected chi connectivity index (χ4v) is 4.67. The molecule has 2 aromatic rings. The van der Waals surface area contributed by atoms with E-state index in [1.165, 1.54) is 16.7 Å². The third-order valence-corrected chi connectivity index (χ3v) is 6.10. The summed E-state index contributed by atoms with van der Waals surface area (Å²) in [5.41, 5.74) is 11.5. The maximum absolute atomic E-state index is 13.0. The number of pyridine rings is 1. The molecule has 3 heterocycles. The summed E-state index contributed by atoms with van der Waals surface area (Å²) in [6, 6.07) is 8.95. The van der Waals surface area contributed by atoms with Gasteiger partial charge in [-0.2, -0.15) is 0 Å². The van der Waals surface area contributed by atoms with Crippen LogP contribution in [0.4, 0.5) is 5.69 Å². The molecule has 0 bridgehead atoms. The normalized spacial score (nSPS) is 19.3. The standard InChI is InChI=1S/C19H17N3O2S/c1-9-10(2)13-15(20)14-16(25-17(13)21-11(9)3)19(24)22(18(14)23)12-7-5-4-6-8-12/h4-8,16H,20H2,1-3H3/t16-/m1/s1. The summed E-state index contributed by atoms with van der Waals surface area (Å²) in [7, 11) is 0. The number of carbonyl (C=O) groups excluding carboxylic acids is 2. The minimum atomic E-state index is -0.630. The lowest BCUT2D eigenvalue weighted by Gasteiger charge is -2.23. The monoisotopic (exact) mass is 351 g/mol. The molecule has 0 spiro atoms. The zero-order valence-electron chi connectivity index (χ0n) is 14.2. The third kappa shape index (κ3) is 2.14. The van der Waals surface area contributed by atoms with Gasteiger partial charge in [0.05, 0.1) is 17.0 Å². The van der Waals surface area contributed by atoms with Gasteiger partial charge < -0.3 is 5.73 Å². The highest BCUT2D eigenvalue weighted by Crippen LogP contribution is 2.46. The molecule has 1 aromatic carbocycles. The molecule has 1 atom stereocenters. The van der Waals surface area contributed by atoms with Crippen molar-refractivity contribution in [2.24, 2.45) is 5.73 Å². The van der Waals surface area contributed by atoms with E-state index in [0.29, 0.717) is 17.0 Å². The predicted molar refractivity (Wildman–Crippen MR) is 98.1 cm³/mol. The van der Waals surface area contributed by atoms with Crippen LogP contribution >= 0.6 is 11.8 Å². The minimum absolute atomic E-state index is 0.262. The summed E-state index contributed by atoms with van der Waals surface area (Å²) < 4.78 is 0. The highest BCUT2D eigenvalue weighted by molar-refractivity contribution is 8.01. The number of carbonyl (C=O) groups is 2. The van der Waals surface area contributed by atoms with E-state index >= 15 is 0 Å². The van der Waals surface area contributed by atoms with Crippen LogP contribution in [0.5, 0.6) is 0 Å². The molecule has 1 aromatic heterocycles. The molecular weight excluding hydrogens is 334 g/mol. The maximum Gasteiger partial charge on any atom is 0.264 e. The van der Waals surface area contributed by atoms with Gasteiger partial charge in [-0.25, -0.2) is 9.88 Å². The molecule has 1 saturated heterocycles. The summed E-state index contributed by atoms with van der Waals surface area (Å²) in [6.07, 6.45) is 0. The Morgan fingerprint density at radius 3 is 2.44 bits per heavy atom. The number of nitrogens with two attached hydrogens (primary N) is 1. The topological polar surface area (TPSA) is 76.3 Å². The van der Waals surface area contributed by atoms with E-state index in [1.54, 1.807) is 24.3 Å². The number of hydrogen-bond donors (Lipinski definition) is 1. The second-order valence-electron chi connectivity index (χ2n) is 6.27. The van der Waals surface area contributed by atoms with Gasteiger partial charge in [0, 0.05) is 11.3 Å². The van der Waals surface area contributed by atoms with Gasteiger partial charge in [0.15, 0.2) is 0 Å². The van der Waals surface area contributed by atoms with Crippen molar-refractivity contribution in [2.45, 2.75) is 31.0 Å². The van der Waals surface area contributed by atoms with Crippen LogP contribution in [0.25, 0.3) is 5.70 Å². The number of anilines is 1. The summed E-state index contributed by atoms with van der Waals surface area (Å²) in [4.78, 5) is 31.7. The number of nitrogens with zero attached hydrogens (tertiary/aromatic N) is 2. The van der Waals surface area contributed by atoms with Gasteiger partial charge in [0.2, 0.25) is 0 Å². The first kappa shape index (κ1) is 15.9. The number of imide groups is 1. The SMILES string of the molecule is Cc1nc2c(c(C)c1C)C(N)=C1C(=O)N(c3ccccc3)C(=O)[C@@H]1S2. The van der Waals surface area contributed by atoms with E-state index in [-0.39, 0.29) is 11.8 Å². The van der Waals surface area contributed by atoms with Crippen LogP contribution in [-0.4, -0.2) is 22.0 Å². The number of fused-ring (bicyclic) bond motifs is 2. The number of amides is 2. The Balaban J connectivity index is 1.90. The Labute approximate surface area is 149 Å². The molecule has 4 rings (SSSR count). The summed E-state index contributed by atoms with van der Waals surface area (Å²) in [5.74, 6) is -0.600. The number of hydrogen-bond acceptors (Lipinski definition) is 5. The van der Waals surface area contributed by atoms with Crippen molar-refractivity contribution in [1.29, 1.82) is 0 Å². The summed E-state index contributed by atoms with van der Waals surface area (Å²) in [6.45, 7) is 5.91. The quantitative estimate of drug-likeness (QED) is 0.800. The number of thioether (sulfide) groups is 1. The fraction of sp³-hybridized carbons (Fsp3) is 0.211. The van der Waals surface area contributed by atoms with Crippen molar-refractivity contribution in [3.8, 4) is 0 Å². The number of para-hydroxylation sites is 1. The average molecular weight is 351 g/mol. The highest BCUT2D eigenvalue weighted by atomic mass is 32.2. The third-order valence-electron chi connectivity index (χ3n) is 4.91. The number of benzene rings is 1. The molecule has 0 aliphatic carbocycles. The van der Waals surface area contributed by atoms with Crippen molar-refractivity contribution in [1.82, 2.24) is 4.98 Å². The lowest BCUT2D eigenvalue weighted by Crippen LogP contribution is -2.31. The second-order valence-corrected chi connectivity index (χ2v) is 7.36. The first-order chi connectivity index (χ1) is 11.9. The Kier molecular flexibility index (Phi) is 3.47. The van der Waals surface area contributed by atoms with Gasteiger partial charge in [-0.15, -0.1) is 0 Å². The first-order valence-corrected chi connectivity index (χ1v) is 8.87. The first-order valence-electron chi connectivity index (χ1n) is 7.99. The second kappa shape index (κ2) is 5.46. The van der Waals surface area contributed by atoms with Gasteiger partial charge in [0.1, 0.15) is 10.3 Å². The van der Waals surface area contributed by atoms with E-state index < -0.39 is 5.25 Å². The Morgan fingerprint density at radius 2 is 1.76 bits per heavy atom. The van der Waals surface area contributed by atoms with Crippen LogP contribution < -0.4 is 10.6 Å². The van der Waals surface area contributed by atoms with E-state index in [0.717, 1.165) is 27.4 Å². The molecule has 6 heteroatoms. The number of rotatable bonds is 1. The van der Waals surface area contributed by atoms with Gasteiger partial charge in [0.25, 0.3) is 11.8 Å². The van der Waals surface area contributed by atoms with Gasteiger partial charge in [-0.05, 0) is 44.0 Å². The van der Waals surface area contributed by atoms with Crippen molar-refractivity contribution in [3.05, 3.63) is 58.3 Å². The van der Waals surface area contributed by atoms with Crippen molar-refractivity contribution in [2.75, 3.05) is 4.90 Å². The molecule has 5 nitrogen and oxygen atoms in total. The molecule has 126 valence electrons. The number of aryl methyl sites for hydroxylation is 1. The average Bonchev–Trinajstić information content (AvgIpc) is 2.84. The maximum atomic E-state index is 13.0. The van der Waals surface area contributed by atoms with E-state index in [9.17, 15) is 9.59 Å². The largest absolute Gasteiger partial charge is 0.398 e. The Morgan fingerprint density at radius 1 is 1.08 bits per heavy atom. The lowest BCUT2D eigenvalue weighted by atomic mass is 9.98. The van der Waals surface area contributed by atoms with Crippen LogP contribution in [-0.2, 0) is 9.59 Å². The Bertz CT molecular complexity index is 966. The molecule has 2 aliphatic heterocycles. The molecule has 1 fully saturated rings. The lowest BCUT2D eigenvalue weighted by molar-refractivity contribution is -0.120. The van der Waals surface area contributed by atoms with Gasteiger partial charge >= 0.3 is 0 Å². The molecule has 2 N–H and O–H groups in total. The molecule has 0 unspecified atom stereocenters. The molecule has 25 heavy (non-hydrogen) atoms. The van der Waals surface area contributed by atoms with E-state index in [2.05, 4.69) is 4.98 Å². The molecule has 2 amide bonds. The van der Waals surface area contributed by atoms with Crippen molar-refractivity contribution >= 4 is 35.0 Å². The van der Waals surface area contributed by atoms with Crippen LogP contribution in [0.2, 0.25) is 0 Å². The predicted octanol–water partition coefficient (Wildman–Crippen LogP) is 2.72. The molecular formula is C19H17N3O2S. The van der Waals surface area contributed by atoms with Gasteiger partial charge in [-0.3, -0.25) is 9.59 Å². The van der Waals surface area contributed by atoms with Crippen LogP contribution in [0, 0.1) is 20.8 Å². The summed E-state index contributed by atoms with van der Waals surface area (Å²) in [5, 5.41) is 0.0946. The summed E-state index contributed by atoms with van der Waals surface area (Å²) >= 11 is 1.32. The zero-order chi connectivity index (χ0) is 17.9. The smallest absolute Gasteiger partial charge is 0.264 e. The number of aromatic nitrogens is 1. The molecule has 0 saturated carbocycles. The fourth-order valence-electron chi connectivity index (χ4n) is 3.32. The minimum Gasteiger partial charge on any atom is -0.398 e. The van der Waals surface area contributed by atoms with E-state index in [1.807, 2.05) is 26.8 Å². The highest BCUT2D eigenvalue weighted by Gasteiger charge is 2.49. The zero-order valence-corrected chi connectivity index (χ0v) is 15.0. The van der Waals surface area contributed by atoms with Crippen molar-refractivity contribution in [3.63, 3.8) is 0 Å². The van der Waals surface area contributed by atoms with Crippen LogP contribution in [0.3, 0.4) is 0 Å². The van der Waals surface area contributed by atoms with Crippen LogP contribution in [0.15, 0.2) is 40.9 Å². The van der Waals surface area contributed by atoms with Gasteiger partial charge in [-0.1, -0.05) is 30.0 Å². The Hall–Kier alpha value is -2.60. The van der Waals surface area contributed by atoms with Crippen LogP contribution in [0.1, 0.15) is 22.4 Å². The van der Waals surface area contributed by atoms with E-state index in [4.69, 9.17) is 5.73 Å².